The summed E-state index contributed by atoms with van der Waals surface area (Å²) in [5, 5.41) is 3.00. The average Bonchev–Trinajstić information content (AvgIpc) is 2.58. The largest absolute Gasteiger partial charge is 0.493 e. The zero-order valence-electron chi connectivity index (χ0n) is 15.0. The van der Waals surface area contributed by atoms with Crippen LogP contribution in [0.15, 0.2) is 18.2 Å². The molecule has 1 aromatic carbocycles. The first kappa shape index (κ1) is 17.6. The third-order valence-electron chi connectivity index (χ3n) is 6.44. The van der Waals surface area contributed by atoms with Crippen LogP contribution in [0.2, 0.25) is 0 Å². The van der Waals surface area contributed by atoms with Gasteiger partial charge in [-0.25, -0.2) is 0 Å². The molecule has 4 bridgehead atoms. The van der Waals surface area contributed by atoms with Gasteiger partial charge in [-0.2, -0.15) is 8.78 Å². The lowest BCUT2D eigenvalue weighted by Crippen LogP contribution is -2.51. The van der Waals surface area contributed by atoms with Gasteiger partial charge in [-0.1, -0.05) is 6.07 Å². The first-order valence-electron chi connectivity index (χ1n) is 9.38. The SMILES string of the molecule is COc1cccc(C(=O)NCC23CC4CC(CC(C4)C2)C3)c1OC(F)F. The lowest BCUT2D eigenvalue weighted by Gasteiger charge is -2.56. The Morgan fingerprint density at radius 2 is 1.81 bits per heavy atom. The van der Waals surface area contributed by atoms with Crippen molar-refractivity contribution in [2.75, 3.05) is 13.7 Å². The normalized spacial score (nSPS) is 31.9. The molecule has 0 radical (unpaired) electrons. The first-order valence-corrected chi connectivity index (χ1v) is 9.38. The molecule has 1 N–H and O–H groups in total. The molecular weight excluding hydrogens is 340 g/mol. The number of para-hydroxylation sites is 1. The summed E-state index contributed by atoms with van der Waals surface area (Å²) in [5.74, 6) is 1.95. The molecule has 0 unspecified atom stereocenters. The van der Waals surface area contributed by atoms with Gasteiger partial charge in [-0.3, -0.25) is 4.79 Å². The van der Waals surface area contributed by atoms with Crippen molar-refractivity contribution in [1.29, 1.82) is 0 Å². The van der Waals surface area contributed by atoms with Gasteiger partial charge in [0.05, 0.1) is 12.7 Å². The molecule has 1 aromatic rings. The van der Waals surface area contributed by atoms with Crippen molar-refractivity contribution in [3.8, 4) is 11.5 Å². The number of rotatable bonds is 6. The molecule has 0 atom stereocenters. The topological polar surface area (TPSA) is 47.6 Å². The third-order valence-corrected chi connectivity index (χ3v) is 6.44. The van der Waals surface area contributed by atoms with Crippen LogP contribution in [0.25, 0.3) is 0 Å². The monoisotopic (exact) mass is 365 g/mol. The Morgan fingerprint density at radius 1 is 1.19 bits per heavy atom. The highest BCUT2D eigenvalue weighted by Crippen LogP contribution is 2.59. The van der Waals surface area contributed by atoms with Crippen LogP contribution in [0.5, 0.6) is 11.5 Å². The second-order valence-corrected chi connectivity index (χ2v) is 8.32. The standard InChI is InChI=1S/C20H25F2NO3/c1-25-16-4-2-3-15(17(16)26-19(21)22)18(24)23-11-20-8-12-5-13(9-20)7-14(6-12)10-20/h2-4,12-14,19H,5-11H2,1H3,(H,23,24). The molecule has 0 aliphatic heterocycles. The molecule has 5 rings (SSSR count). The molecule has 4 aliphatic carbocycles. The van der Waals surface area contributed by atoms with Crippen molar-refractivity contribution >= 4 is 5.91 Å². The molecule has 0 aromatic heterocycles. The Labute approximate surface area is 152 Å². The summed E-state index contributed by atoms with van der Waals surface area (Å²) in [6.07, 6.45) is 7.56. The van der Waals surface area contributed by atoms with Crippen molar-refractivity contribution in [1.82, 2.24) is 5.32 Å². The van der Waals surface area contributed by atoms with E-state index in [1.807, 2.05) is 0 Å². The maximum Gasteiger partial charge on any atom is 0.387 e. The van der Waals surface area contributed by atoms with Crippen LogP contribution in [-0.4, -0.2) is 26.2 Å². The van der Waals surface area contributed by atoms with E-state index in [0.29, 0.717) is 6.54 Å². The second kappa shape index (κ2) is 6.71. The van der Waals surface area contributed by atoms with E-state index < -0.39 is 6.61 Å². The van der Waals surface area contributed by atoms with Gasteiger partial charge in [0.25, 0.3) is 5.91 Å². The zero-order chi connectivity index (χ0) is 18.3. The fourth-order valence-electron chi connectivity index (χ4n) is 5.94. The molecule has 4 nitrogen and oxygen atoms in total. The van der Waals surface area contributed by atoms with Crippen LogP contribution >= 0.6 is 0 Å². The Hall–Kier alpha value is -1.85. The lowest BCUT2D eigenvalue weighted by atomic mass is 9.49. The number of ether oxygens (including phenoxy) is 2. The first-order chi connectivity index (χ1) is 12.5. The summed E-state index contributed by atoms with van der Waals surface area (Å²) in [6, 6.07) is 4.61. The number of halogens is 2. The van der Waals surface area contributed by atoms with E-state index in [1.54, 1.807) is 6.07 Å². The van der Waals surface area contributed by atoms with Crippen molar-refractivity contribution in [3.05, 3.63) is 23.8 Å². The highest BCUT2D eigenvalue weighted by atomic mass is 19.3. The fourth-order valence-corrected chi connectivity index (χ4v) is 5.94. The zero-order valence-corrected chi connectivity index (χ0v) is 15.0. The van der Waals surface area contributed by atoms with E-state index in [9.17, 15) is 13.6 Å². The molecule has 26 heavy (non-hydrogen) atoms. The van der Waals surface area contributed by atoms with Crippen LogP contribution in [0.1, 0.15) is 48.9 Å². The molecule has 142 valence electrons. The van der Waals surface area contributed by atoms with E-state index in [1.165, 1.54) is 57.8 Å². The number of hydrogen-bond acceptors (Lipinski definition) is 3. The van der Waals surface area contributed by atoms with Gasteiger partial charge in [0.15, 0.2) is 11.5 Å². The third kappa shape index (κ3) is 3.26. The molecule has 0 spiro atoms. The van der Waals surface area contributed by atoms with Gasteiger partial charge in [-0.05, 0) is 73.8 Å². The smallest absolute Gasteiger partial charge is 0.387 e. The molecule has 0 heterocycles. The summed E-state index contributed by atoms with van der Waals surface area (Å²) >= 11 is 0. The van der Waals surface area contributed by atoms with E-state index in [4.69, 9.17) is 4.74 Å². The summed E-state index contributed by atoms with van der Waals surface area (Å²) in [6.45, 7) is -2.40. The minimum absolute atomic E-state index is 0.0920. The van der Waals surface area contributed by atoms with E-state index in [0.717, 1.165) is 17.8 Å². The van der Waals surface area contributed by atoms with E-state index >= 15 is 0 Å². The van der Waals surface area contributed by atoms with Gasteiger partial charge >= 0.3 is 6.61 Å². The van der Waals surface area contributed by atoms with Gasteiger partial charge in [0.2, 0.25) is 0 Å². The fraction of sp³-hybridized carbons (Fsp3) is 0.650. The highest BCUT2D eigenvalue weighted by Gasteiger charge is 2.50. The van der Waals surface area contributed by atoms with Gasteiger partial charge in [0.1, 0.15) is 0 Å². The Kier molecular flexibility index (Phi) is 4.53. The molecule has 6 heteroatoms. The molecular formula is C20H25F2NO3. The number of methoxy groups -OCH3 is 1. The number of benzene rings is 1. The minimum atomic E-state index is -3.01. The molecule has 4 aliphatic rings. The number of amides is 1. The van der Waals surface area contributed by atoms with E-state index in [2.05, 4.69) is 10.1 Å². The maximum absolute atomic E-state index is 12.8. The second-order valence-electron chi connectivity index (χ2n) is 8.32. The van der Waals surface area contributed by atoms with Crippen molar-refractivity contribution in [3.63, 3.8) is 0 Å². The quantitative estimate of drug-likeness (QED) is 0.820. The Morgan fingerprint density at radius 3 is 2.35 bits per heavy atom. The summed E-state index contributed by atoms with van der Waals surface area (Å²) < 4.78 is 35.2. The number of alkyl halides is 2. The summed E-state index contributed by atoms with van der Waals surface area (Å²) in [5.41, 5.74) is 0.280. The number of carbonyl (C=O) groups excluding carboxylic acids is 1. The van der Waals surface area contributed by atoms with Crippen LogP contribution < -0.4 is 14.8 Å². The van der Waals surface area contributed by atoms with Gasteiger partial charge < -0.3 is 14.8 Å². The van der Waals surface area contributed by atoms with Gasteiger partial charge in [-0.15, -0.1) is 0 Å². The highest BCUT2D eigenvalue weighted by molar-refractivity contribution is 5.97. The molecule has 1 amide bonds. The molecule has 4 fully saturated rings. The van der Waals surface area contributed by atoms with Crippen LogP contribution in [0.4, 0.5) is 8.78 Å². The van der Waals surface area contributed by atoms with Crippen LogP contribution in [0, 0.1) is 23.2 Å². The Balaban J connectivity index is 1.49. The number of hydrogen-bond donors (Lipinski definition) is 1. The maximum atomic E-state index is 12.8. The predicted molar refractivity (Wildman–Crippen MR) is 92.6 cm³/mol. The van der Waals surface area contributed by atoms with Crippen LogP contribution in [-0.2, 0) is 0 Å². The van der Waals surface area contributed by atoms with Crippen LogP contribution in [0.3, 0.4) is 0 Å². The summed E-state index contributed by atoms with van der Waals surface area (Å²) in [4.78, 5) is 12.7. The van der Waals surface area contributed by atoms with E-state index in [-0.39, 0.29) is 28.4 Å². The molecule has 4 saturated carbocycles. The lowest BCUT2D eigenvalue weighted by molar-refractivity contribution is -0.0526. The molecule has 0 saturated heterocycles. The van der Waals surface area contributed by atoms with Crippen molar-refractivity contribution in [2.45, 2.75) is 45.1 Å². The average molecular weight is 365 g/mol. The van der Waals surface area contributed by atoms with Gasteiger partial charge in [0, 0.05) is 6.54 Å². The minimum Gasteiger partial charge on any atom is -0.493 e. The van der Waals surface area contributed by atoms with Crippen molar-refractivity contribution < 1.29 is 23.0 Å². The number of nitrogens with one attached hydrogen (secondary N) is 1. The summed E-state index contributed by atoms with van der Waals surface area (Å²) in [7, 11) is 1.37. The Bertz CT molecular complexity index is 656. The number of carbonyl (C=O) groups is 1. The predicted octanol–water partition coefficient (Wildman–Crippen LogP) is 4.24. The van der Waals surface area contributed by atoms with Crippen molar-refractivity contribution in [2.24, 2.45) is 23.2 Å².